The molecule has 4 nitrogen and oxygen atoms in total. The fraction of sp³-hybridized carbons (Fsp3) is 0.240. The summed E-state index contributed by atoms with van der Waals surface area (Å²) in [6, 6.07) is 25.6. The molecule has 1 heterocycles. The van der Waals surface area contributed by atoms with Crippen LogP contribution in [0.2, 0.25) is 5.02 Å². The molecule has 5 heteroatoms. The van der Waals surface area contributed by atoms with Crippen LogP contribution >= 0.6 is 11.6 Å². The van der Waals surface area contributed by atoms with Crippen molar-refractivity contribution in [3.63, 3.8) is 0 Å². The number of rotatable bonds is 6. The van der Waals surface area contributed by atoms with E-state index in [-0.39, 0.29) is 5.91 Å². The third-order valence-electron chi connectivity index (χ3n) is 5.32. The molecule has 0 N–H and O–H groups in total. The van der Waals surface area contributed by atoms with Gasteiger partial charge in [-0.25, -0.2) is 0 Å². The van der Waals surface area contributed by atoms with Crippen LogP contribution in [0, 0.1) is 0 Å². The van der Waals surface area contributed by atoms with Crippen LogP contribution in [0.5, 0.6) is 5.75 Å². The molecule has 3 aromatic rings. The van der Waals surface area contributed by atoms with E-state index in [1.807, 2.05) is 41.3 Å². The Morgan fingerprint density at radius 3 is 2.13 bits per heavy atom. The zero-order valence-corrected chi connectivity index (χ0v) is 17.6. The quantitative estimate of drug-likeness (QED) is 0.570. The second-order valence-electron chi connectivity index (χ2n) is 7.47. The van der Waals surface area contributed by atoms with Crippen LogP contribution in [0.1, 0.15) is 21.5 Å². The molecular weight excluding hydrogens is 396 g/mol. The lowest BCUT2D eigenvalue weighted by atomic mass is 10.1. The van der Waals surface area contributed by atoms with Gasteiger partial charge in [-0.2, -0.15) is 0 Å². The number of hydrogen-bond acceptors (Lipinski definition) is 3. The van der Waals surface area contributed by atoms with Gasteiger partial charge in [-0.1, -0.05) is 72.3 Å². The molecule has 0 aliphatic carbocycles. The minimum Gasteiger partial charge on any atom is -0.488 e. The SMILES string of the molecule is O=C(c1cc(Cl)ccc1OCc1ccccc1)N1CCN(Cc2ccccc2)CC1. The first-order chi connectivity index (χ1) is 14.7. The molecule has 0 aromatic heterocycles. The summed E-state index contributed by atoms with van der Waals surface area (Å²) in [5.41, 5.74) is 2.87. The number of amides is 1. The van der Waals surface area contributed by atoms with Crippen LogP contribution in [0.25, 0.3) is 0 Å². The van der Waals surface area contributed by atoms with Crippen LogP contribution in [0.3, 0.4) is 0 Å². The van der Waals surface area contributed by atoms with Crippen molar-refractivity contribution in [1.29, 1.82) is 0 Å². The van der Waals surface area contributed by atoms with Gasteiger partial charge in [0.2, 0.25) is 0 Å². The number of benzene rings is 3. The summed E-state index contributed by atoms with van der Waals surface area (Å²) in [5, 5.41) is 0.535. The minimum absolute atomic E-state index is 0.0278. The number of nitrogens with zero attached hydrogens (tertiary/aromatic N) is 2. The number of ether oxygens (including phenoxy) is 1. The first-order valence-electron chi connectivity index (χ1n) is 10.2. The molecule has 0 saturated carbocycles. The van der Waals surface area contributed by atoms with Crippen LogP contribution in [-0.4, -0.2) is 41.9 Å². The second kappa shape index (κ2) is 9.79. The molecule has 1 amide bonds. The first-order valence-corrected chi connectivity index (χ1v) is 10.6. The normalized spacial score (nSPS) is 14.5. The van der Waals surface area contributed by atoms with Crippen molar-refractivity contribution in [3.8, 4) is 5.75 Å². The van der Waals surface area contributed by atoms with Gasteiger partial charge in [0.05, 0.1) is 5.56 Å². The van der Waals surface area contributed by atoms with Gasteiger partial charge in [0.25, 0.3) is 5.91 Å². The van der Waals surface area contributed by atoms with Gasteiger partial charge < -0.3 is 9.64 Å². The molecular formula is C25H25ClN2O2. The Morgan fingerprint density at radius 2 is 1.47 bits per heavy atom. The van der Waals surface area contributed by atoms with Crippen LogP contribution in [0.15, 0.2) is 78.9 Å². The van der Waals surface area contributed by atoms with Crippen LogP contribution < -0.4 is 4.74 Å². The lowest BCUT2D eigenvalue weighted by molar-refractivity contribution is 0.0624. The van der Waals surface area contributed by atoms with E-state index in [4.69, 9.17) is 16.3 Å². The number of piperazine rings is 1. The number of hydrogen-bond donors (Lipinski definition) is 0. The average Bonchev–Trinajstić information content (AvgIpc) is 2.80. The van der Waals surface area contributed by atoms with E-state index < -0.39 is 0 Å². The Morgan fingerprint density at radius 1 is 0.833 bits per heavy atom. The Kier molecular flexibility index (Phi) is 6.67. The highest BCUT2D eigenvalue weighted by Gasteiger charge is 2.24. The zero-order valence-electron chi connectivity index (χ0n) is 16.8. The first kappa shape index (κ1) is 20.5. The number of halogens is 1. The highest BCUT2D eigenvalue weighted by molar-refractivity contribution is 6.31. The van der Waals surface area contributed by atoms with Crippen molar-refractivity contribution in [2.45, 2.75) is 13.2 Å². The summed E-state index contributed by atoms with van der Waals surface area (Å²) >= 11 is 6.20. The van der Waals surface area contributed by atoms with Gasteiger partial charge in [0.1, 0.15) is 12.4 Å². The maximum atomic E-state index is 13.2. The van der Waals surface area contributed by atoms with E-state index in [0.29, 0.717) is 36.0 Å². The largest absolute Gasteiger partial charge is 0.488 e. The van der Waals surface area contributed by atoms with Crippen molar-refractivity contribution < 1.29 is 9.53 Å². The lowest BCUT2D eigenvalue weighted by Crippen LogP contribution is -2.48. The fourth-order valence-corrected chi connectivity index (χ4v) is 3.82. The standard InChI is InChI=1S/C25H25ClN2O2/c26-22-11-12-24(30-19-21-9-5-2-6-10-21)23(17-22)25(29)28-15-13-27(14-16-28)18-20-7-3-1-4-8-20/h1-12,17H,13-16,18-19H2. The van der Waals surface area contributed by atoms with Gasteiger partial charge in [-0.05, 0) is 29.3 Å². The fourth-order valence-electron chi connectivity index (χ4n) is 3.65. The maximum absolute atomic E-state index is 13.2. The molecule has 0 bridgehead atoms. The molecule has 30 heavy (non-hydrogen) atoms. The van der Waals surface area contributed by atoms with Gasteiger partial charge in [-0.15, -0.1) is 0 Å². The summed E-state index contributed by atoms with van der Waals surface area (Å²) in [6.45, 7) is 4.40. The molecule has 0 spiro atoms. The van der Waals surface area contributed by atoms with Crippen LogP contribution in [-0.2, 0) is 13.2 Å². The number of carbonyl (C=O) groups excluding carboxylic acids is 1. The molecule has 0 unspecified atom stereocenters. The predicted molar refractivity (Wildman–Crippen MR) is 120 cm³/mol. The second-order valence-corrected chi connectivity index (χ2v) is 7.91. The van der Waals surface area contributed by atoms with E-state index in [9.17, 15) is 4.79 Å². The van der Waals surface area contributed by atoms with E-state index in [2.05, 4.69) is 29.2 Å². The summed E-state index contributed by atoms with van der Waals surface area (Å²) in [4.78, 5) is 17.5. The third-order valence-corrected chi connectivity index (χ3v) is 5.55. The highest BCUT2D eigenvalue weighted by atomic mass is 35.5. The molecule has 0 radical (unpaired) electrons. The smallest absolute Gasteiger partial charge is 0.257 e. The Hall–Kier alpha value is -2.82. The summed E-state index contributed by atoms with van der Waals surface area (Å²) in [6.07, 6.45) is 0. The van der Waals surface area contributed by atoms with E-state index >= 15 is 0 Å². The Balaban J connectivity index is 1.40. The molecule has 3 aromatic carbocycles. The predicted octanol–water partition coefficient (Wildman–Crippen LogP) is 4.88. The molecule has 1 fully saturated rings. The van der Waals surface area contributed by atoms with Gasteiger partial charge >= 0.3 is 0 Å². The van der Waals surface area contributed by atoms with E-state index in [1.54, 1.807) is 18.2 Å². The van der Waals surface area contributed by atoms with Crippen molar-refractivity contribution in [3.05, 3.63) is 101 Å². The van der Waals surface area contributed by atoms with Crippen molar-refractivity contribution in [2.75, 3.05) is 26.2 Å². The molecule has 1 aliphatic rings. The van der Waals surface area contributed by atoms with E-state index in [0.717, 1.165) is 25.2 Å². The lowest BCUT2D eigenvalue weighted by Gasteiger charge is -2.35. The monoisotopic (exact) mass is 420 g/mol. The molecule has 0 atom stereocenters. The average molecular weight is 421 g/mol. The van der Waals surface area contributed by atoms with E-state index in [1.165, 1.54) is 5.56 Å². The van der Waals surface area contributed by atoms with Crippen molar-refractivity contribution in [2.24, 2.45) is 0 Å². The van der Waals surface area contributed by atoms with Gasteiger partial charge in [0, 0.05) is 37.7 Å². The van der Waals surface area contributed by atoms with Crippen LogP contribution in [0.4, 0.5) is 0 Å². The van der Waals surface area contributed by atoms with Crippen molar-refractivity contribution >= 4 is 17.5 Å². The van der Waals surface area contributed by atoms with Gasteiger partial charge in [-0.3, -0.25) is 9.69 Å². The summed E-state index contributed by atoms with van der Waals surface area (Å²) in [7, 11) is 0. The Bertz CT molecular complexity index is 971. The molecule has 1 aliphatic heterocycles. The topological polar surface area (TPSA) is 32.8 Å². The van der Waals surface area contributed by atoms with Crippen molar-refractivity contribution in [1.82, 2.24) is 9.80 Å². The summed E-state index contributed by atoms with van der Waals surface area (Å²) in [5.74, 6) is 0.542. The molecule has 4 rings (SSSR count). The number of carbonyl (C=O) groups is 1. The van der Waals surface area contributed by atoms with Gasteiger partial charge in [0.15, 0.2) is 0 Å². The third kappa shape index (κ3) is 5.21. The Labute approximate surface area is 182 Å². The molecule has 1 saturated heterocycles. The highest BCUT2D eigenvalue weighted by Crippen LogP contribution is 2.26. The molecule has 154 valence electrons. The zero-order chi connectivity index (χ0) is 20.8. The maximum Gasteiger partial charge on any atom is 0.257 e. The summed E-state index contributed by atoms with van der Waals surface area (Å²) < 4.78 is 5.97. The minimum atomic E-state index is -0.0278.